The standard InChI is InChI=1S/C17H17N3OS2/c1-20-16-12-6-9-23-14(12)3-2-13(16)15(19-20)17(21)18-7-4-11-5-8-22-10-11/h5-6,8-10H,2-4,7H2,1H3,(H,18,21). The van der Waals surface area contributed by atoms with E-state index >= 15 is 0 Å². The van der Waals surface area contributed by atoms with Gasteiger partial charge in [-0.3, -0.25) is 9.48 Å². The molecule has 0 atom stereocenters. The van der Waals surface area contributed by atoms with E-state index < -0.39 is 0 Å². The van der Waals surface area contributed by atoms with Crippen molar-refractivity contribution < 1.29 is 4.79 Å². The second kappa shape index (κ2) is 5.94. The highest BCUT2D eigenvalue weighted by atomic mass is 32.1. The minimum absolute atomic E-state index is 0.0595. The minimum atomic E-state index is -0.0595. The molecule has 0 saturated heterocycles. The van der Waals surface area contributed by atoms with Gasteiger partial charge in [-0.2, -0.15) is 16.4 Å². The van der Waals surface area contributed by atoms with Crippen LogP contribution in [0.25, 0.3) is 11.3 Å². The van der Waals surface area contributed by atoms with E-state index in [0.29, 0.717) is 12.2 Å². The highest BCUT2D eigenvalue weighted by Gasteiger charge is 2.27. The van der Waals surface area contributed by atoms with Gasteiger partial charge in [0.1, 0.15) is 0 Å². The number of fused-ring (bicyclic) bond motifs is 3. The summed E-state index contributed by atoms with van der Waals surface area (Å²) >= 11 is 3.47. The number of aromatic nitrogens is 2. The molecule has 6 heteroatoms. The van der Waals surface area contributed by atoms with Crippen LogP contribution in [0.4, 0.5) is 0 Å². The number of rotatable bonds is 4. The SMILES string of the molecule is Cn1nc(C(=O)NCCc2ccsc2)c2c1-c1ccsc1CC2. The molecule has 1 aliphatic carbocycles. The molecular formula is C17H17N3OS2. The largest absolute Gasteiger partial charge is 0.350 e. The van der Waals surface area contributed by atoms with Crippen molar-refractivity contribution >= 4 is 28.6 Å². The van der Waals surface area contributed by atoms with Crippen molar-refractivity contribution in [1.29, 1.82) is 0 Å². The molecule has 0 aromatic carbocycles. The van der Waals surface area contributed by atoms with Gasteiger partial charge in [0.15, 0.2) is 5.69 Å². The van der Waals surface area contributed by atoms with E-state index in [4.69, 9.17) is 0 Å². The van der Waals surface area contributed by atoms with E-state index in [-0.39, 0.29) is 5.91 Å². The van der Waals surface area contributed by atoms with Gasteiger partial charge in [-0.1, -0.05) is 0 Å². The van der Waals surface area contributed by atoms with Gasteiger partial charge < -0.3 is 5.32 Å². The number of amides is 1. The average Bonchev–Trinajstić information content (AvgIpc) is 3.26. The lowest BCUT2D eigenvalue weighted by Crippen LogP contribution is -2.27. The Bertz CT molecular complexity index is 845. The summed E-state index contributed by atoms with van der Waals surface area (Å²) in [5.41, 5.74) is 5.29. The molecular weight excluding hydrogens is 326 g/mol. The Labute approximate surface area is 142 Å². The maximum absolute atomic E-state index is 12.5. The van der Waals surface area contributed by atoms with Crippen LogP contribution in [0.2, 0.25) is 0 Å². The van der Waals surface area contributed by atoms with Gasteiger partial charge >= 0.3 is 0 Å². The van der Waals surface area contributed by atoms with Crippen LogP contribution in [-0.4, -0.2) is 22.2 Å². The predicted octanol–water partition coefficient (Wildman–Crippen LogP) is 3.28. The second-order valence-corrected chi connectivity index (χ2v) is 7.48. The van der Waals surface area contributed by atoms with Crippen LogP contribution in [0.5, 0.6) is 0 Å². The van der Waals surface area contributed by atoms with Gasteiger partial charge in [-0.25, -0.2) is 0 Å². The zero-order valence-electron chi connectivity index (χ0n) is 12.8. The Morgan fingerprint density at radius 1 is 1.35 bits per heavy atom. The van der Waals surface area contributed by atoms with Crippen molar-refractivity contribution in [3.8, 4) is 11.3 Å². The molecule has 3 aromatic heterocycles. The van der Waals surface area contributed by atoms with Crippen molar-refractivity contribution in [2.45, 2.75) is 19.3 Å². The highest BCUT2D eigenvalue weighted by molar-refractivity contribution is 7.10. The molecule has 1 aliphatic rings. The summed E-state index contributed by atoms with van der Waals surface area (Å²) in [6.07, 6.45) is 2.75. The predicted molar refractivity (Wildman–Crippen MR) is 94.3 cm³/mol. The molecule has 1 N–H and O–H groups in total. The molecule has 4 rings (SSSR count). The molecule has 1 amide bonds. The van der Waals surface area contributed by atoms with Crippen LogP contribution >= 0.6 is 22.7 Å². The molecule has 0 fully saturated rings. The number of aryl methyl sites for hydroxylation is 2. The Morgan fingerprint density at radius 3 is 3.09 bits per heavy atom. The summed E-state index contributed by atoms with van der Waals surface area (Å²) in [6, 6.07) is 4.23. The van der Waals surface area contributed by atoms with Gasteiger partial charge in [0.05, 0.1) is 5.69 Å². The van der Waals surface area contributed by atoms with E-state index in [0.717, 1.165) is 30.5 Å². The lowest BCUT2D eigenvalue weighted by molar-refractivity contribution is 0.0947. The monoisotopic (exact) mass is 343 g/mol. The van der Waals surface area contributed by atoms with Crippen LogP contribution in [0.15, 0.2) is 28.3 Å². The molecule has 0 spiro atoms. The first-order chi connectivity index (χ1) is 11.2. The van der Waals surface area contributed by atoms with Gasteiger partial charge in [0.25, 0.3) is 5.91 Å². The Balaban J connectivity index is 1.54. The minimum Gasteiger partial charge on any atom is -0.350 e. The van der Waals surface area contributed by atoms with Crippen LogP contribution < -0.4 is 5.32 Å². The van der Waals surface area contributed by atoms with Crippen LogP contribution in [-0.2, 0) is 26.3 Å². The molecule has 0 saturated carbocycles. The molecule has 0 unspecified atom stereocenters. The number of carbonyl (C=O) groups is 1. The summed E-state index contributed by atoms with van der Waals surface area (Å²) in [4.78, 5) is 13.9. The van der Waals surface area contributed by atoms with E-state index in [1.165, 1.54) is 16.0 Å². The van der Waals surface area contributed by atoms with E-state index in [9.17, 15) is 4.79 Å². The first kappa shape index (κ1) is 14.7. The molecule has 0 bridgehead atoms. The molecule has 0 aliphatic heterocycles. The molecule has 0 radical (unpaired) electrons. The average molecular weight is 343 g/mol. The van der Waals surface area contributed by atoms with Gasteiger partial charge in [0.2, 0.25) is 0 Å². The summed E-state index contributed by atoms with van der Waals surface area (Å²) in [5, 5.41) is 13.8. The quantitative estimate of drug-likeness (QED) is 0.790. The fourth-order valence-electron chi connectivity index (χ4n) is 3.15. The van der Waals surface area contributed by atoms with Crippen molar-refractivity contribution in [1.82, 2.24) is 15.1 Å². The number of nitrogens with one attached hydrogen (secondary N) is 1. The maximum Gasteiger partial charge on any atom is 0.272 e. The van der Waals surface area contributed by atoms with E-state index in [1.807, 2.05) is 11.7 Å². The van der Waals surface area contributed by atoms with Gasteiger partial charge in [-0.05, 0) is 53.1 Å². The number of carbonyl (C=O) groups excluding carboxylic acids is 1. The number of hydrogen-bond acceptors (Lipinski definition) is 4. The van der Waals surface area contributed by atoms with Crippen molar-refractivity contribution in [2.24, 2.45) is 7.05 Å². The van der Waals surface area contributed by atoms with E-state index in [2.05, 4.69) is 38.7 Å². The van der Waals surface area contributed by atoms with Crippen LogP contribution in [0, 0.1) is 0 Å². The van der Waals surface area contributed by atoms with Gasteiger partial charge in [0, 0.05) is 29.6 Å². The summed E-state index contributed by atoms with van der Waals surface area (Å²) in [6.45, 7) is 0.643. The Kier molecular flexibility index (Phi) is 3.79. The highest BCUT2D eigenvalue weighted by Crippen LogP contribution is 2.37. The normalized spacial score (nSPS) is 12.7. The summed E-state index contributed by atoms with van der Waals surface area (Å²) in [7, 11) is 1.92. The number of hydrogen-bond donors (Lipinski definition) is 1. The van der Waals surface area contributed by atoms with Crippen LogP contribution in [0.3, 0.4) is 0 Å². The fourth-order valence-corrected chi connectivity index (χ4v) is 4.73. The lowest BCUT2D eigenvalue weighted by Gasteiger charge is -2.13. The third-order valence-corrected chi connectivity index (χ3v) is 5.96. The molecule has 4 nitrogen and oxygen atoms in total. The zero-order chi connectivity index (χ0) is 15.8. The van der Waals surface area contributed by atoms with Crippen molar-refractivity contribution in [3.63, 3.8) is 0 Å². The fraction of sp³-hybridized carbons (Fsp3) is 0.294. The third-order valence-electron chi connectivity index (χ3n) is 4.24. The third kappa shape index (κ3) is 2.62. The van der Waals surface area contributed by atoms with E-state index in [1.54, 1.807) is 22.7 Å². The number of thiophene rings is 2. The molecule has 23 heavy (non-hydrogen) atoms. The second-order valence-electron chi connectivity index (χ2n) is 5.69. The molecule has 118 valence electrons. The number of nitrogens with zero attached hydrogens (tertiary/aromatic N) is 2. The Hall–Kier alpha value is -1.92. The zero-order valence-corrected chi connectivity index (χ0v) is 14.5. The molecule has 3 heterocycles. The lowest BCUT2D eigenvalue weighted by atomic mass is 9.94. The van der Waals surface area contributed by atoms with Crippen molar-refractivity contribution in [2.75, 3.05) is 6.54 Å². The topological polar surface area (TPSA) is 46.9 Å². The Morgan fingerprint density at radius 2 is 2.26 bits per heavy atom. The van der Waals surface area contributed by atoms with Crippen LogP contribution in [0.1, 0.15) is 26.5 Å². The summed E-state index contributed by atoms with van der Waals surface area (Å²) in [5.74, 6) is -0.0595. The first-order valence-electron chi connectivity index (χ1n) is 7.66. The van der Waals surface area contributed by atoms with Crippen molar-refractivity contribution in [3.05, 3.63) is 50.0 Å². The molecule has 3 aromatic rings. The smallest absolute Gasteiger partial charge is 0.272 e. The van der Waals surface area contributed by atoms with Gasteiger partial charge in [-0.15, -0.1) is 11.3 Å². The first-order valence-corrected chi connectivity index (χ1v) is 9.48. The maximum atomic E-state index is 12.5. The summed E-state index contributed by atoms with van der Waals surface area (Å²) < 4.78 is 1.85.